The van der Waals surface area contributed by atoms with E-state index in [2.05, 4.69) is 0 Å². The summed E-state index contributed by atoms with van der Waals surface area (Å²) in [5.41, 5.74) is 0.673. The highest BCUT2D eigenvalue weighted by Crippen LogP contribution is 2.30. The van der Waals surface area contributed by atoms with E-state index in [0.717, 1.165) is 12.8 Å². The van der Waals surface area contributed by atoms with Crippen LogP contribution in [0.5, 0.6) is 11.5 Å². The van der Waals surface area contributed by atoms with Gasteiger partial charge in [-0.3, -0.25) is 4.79 Å². The van der Waals surface area contributed by atoms with Gasteiger partial charge < -0.3 is 19.5 Å². The third kappa shape index (κ3) is 3.22. The van der Waals surface area contributed by atoms with E-state index >= 15 is 0 Å². The molecule has 1 aromatic carbocycles. The molecule has 0 aliphatic carbocycles. The van der Waals surface area contributed by atoms with Crippen molar-refractivity contribution in [2.24, 2.45) is 0 Å². The Morgan fingerprint density at radius 3 is 2.75 bits per heavy atom. The number of amides is 1. The van der Waals surface area contributed by atoms with Crippen molar-refractivity contribution in [3.05, 3.63) is 23.8 Å². The number of carbonyl (C=O) groups is 1. The second-order valence-electron chi connectivity index (χ2n) is 4.92. The SMILES string of the molecule is COc1ccc(C(O)CN2CCCCC2=O)c(OC)c1. The van der Waals surface area contributed by atoms with E-state index in [4.69, 9.17) is 9.47 Å². The molecule has 0 spiro atoms. The van der Waals surface area contributed by atoms with Gasteiger partial charge in [-0.2, -0.15) is 0 Å². The Morgan fingerprint density at radius 2 is 2.10 bits per heavy atom. The number of rotatable bonds is 5. The maximum atomic E-state index is 11.8. The third-order valence-corrected chi connectivity index (χ3v) is 3.61. The topological polar surface area (TPSA) is 59.0 Å². The van der Waals surface area contributed by atoms with Crippen LogP contribution in [0.4, 0.5) is 0 Å². The summed E-state index contributed by atoms with van der Waals surface area (Å²) in [6, 6.07) is 5.28. The zero-order valence-corrected chi connectivity index (χ0v) is 12.0. The first kappa shape index (κ1) is 14.7. The first-order chi connectivity index (χ1) is 9.65. The predicted octanol–water partition coefficient (Wildman–Crippen LogP) is 1.75. The lowest BCUT2D eigenvalue weighted by Crippen LogP contribution is -2.38. The fraction of sp³-hybridized carbons (Fsp3) is 0.533. The fourth-order valence-corrected chi connectivity index (χ4v) is 2.46. The van der Waals surface area contributed by atoms with Gasteiger partial charge in [-0.05, 0) is 25.0 Å². The summed E-state index contributed by atoms with van der Waals surface area (Å²) >= 11 is 0. The molecule has 1 fully saturated rings. The standard InChI is InChI=1S/C15H21NO4/c1-19-11-6-7-12(14(9-11)20-2)13(17)10-16-8-4-3-5-15(16)18/h6-7,9,13,17H,3-5,8,10H2,1-2H3. The maximum absolute atomic E-state index is 11.8. The van der Waals surface area contributed by atoms with Gasteiger partial charge in [0.25, 0.3) is 0 Å². The second kappa shape index (κ2) is 6.61. The molecule has 1 aliphatic heterocycles. The molecule has 5 nitrogen and oxygen atoms in total. The molecule has 1 heterocycles. The minimum atomic E-state index is -0.752. The predicted molar refractivity (Wildman–Crippen MR) is 74.9 cm³/mol. The van der Waals surface area contributed by atoms with Gasteiger partial charge in [-0.25, -0.2) is 0 Å². The molecule has 1 unspecified atom stereocenters. The summed E-state index contributed by atoms with van der Waals surface area (Å²) in [5, 5.41) is 10.4. The van der Waals surface area contributed by atoms with E-state index in [1.165, 1.54) is 0 Å². The van der Waals surface area contributed by atoms with E-state index in [9.17, 15) is 9.90 Å². The molecule has 1 amide bonds. The first-order valence-corrected chi connectivity index (χ1v) is 6.83. The number of hydrogen-bond acceptors (Lipinski definition) is 4. The van der Waals surface area contributed by atoms with E-state index in [1.54, 1.807) is 37.3 Å². The number of β-amino-alcohol motifs (C(OH)–C–C–N with tert-alkyl or cyclic N) is 1. The number of methoxy groups -OCH3 is 2. The largest absolute Gasteiger partial charge is 0.497 e. The molecule has 1 saturated heterocycles. The normalized spacial score (nSPS) is 16.9. The number of nitrogens with zero attached hydrogens (tertiary/aromatic N) is 1. The number of benzene rings is 1. The Bertz CT molecular complexity index is 475. The van der Waals surface area contributed by atoms with Crippen molar-refractivity contribution in [1.82, 2.24) is 4.90 Å². The quantitative estimate of drug-likeness (QED) is 0.892. The summed E-state index contributed by atoms with van der Waals surface area (Å²) in [6.45, 7) is 1.02. The van der Waals surface area contributed by atoms with Crippen LogP contribution < -0.4 is 9.47 Å². The van der Waals surface area contributed by atoms with Crippen molar-refractivity contribution >= 4 is 5.91 Å². The average molecular weight is 279 g/mol. The number of piperidine rings is 1. The van der Waals surface area contributed by atoms with Gasteiger partial charge >= 0.3 is 0 Å². The Morgan fingerprint density at radius 1 is 1.30 bits per heavy atom. The fourth-order valence-electron chi connectivity index (χ4n) is 2.46. The summed E-state index contributed by atoms with van der Waals surface area (Å²) in [4.78, 5) is 13.5. The van der Waals surface area contributed by atoms with Crippen LogP contribution in [0.2, 0.25) is 0 Å². The molecule has 0 aromatic heterocycles. The smallest absolute Gasteiger partial charge is 0.222 e. The highest BCUT2D eigenvalue weighted by Gasteiger charge is 2.23. The third-order valence-electron chi connectivity index (χ3n) is 3.61. The Hall–Kier alpha value is -1.75. The number of ether oxygens (including phenoxy) is 2. The van der Waals surface area contributed by atoms with Crippen LogP contribution >= 0.6 is 0 Å². The molecular weight excluding hydrogens is 258 g/mol. The highest BCUT2D eigenvalue weighted by molar-refractivity contribution is 5.76. The molecule has 1 atom stereocenters. The molecule has 0 radical (unpaired) electrons. The van der Waals surface area contributed by atoms with Gasteiger partial charge in [-0.1, -0.05) is 0 Å². The zero-order chi connectivity index (χ0) is 14.5. The van der Waals surface area contributed by atoms with Crippen LogP contribution in [0.25, 0.3) is 0 Å². The van der Waals surface area contributed by atoms with Gasteiger partial charge in [0, 0.05) is 24.6 Å². The molecule has 1 aliphatic rings. The Kier molecular flexibility index (Phi) is 4.84. The zero-order valence-electron chi connectivity index (χ0n) is 12.0. The second-order valence-corrected chi connectivity index (χ2v) is 4.92. The van der Waals surface area contributed by atoms with Crippen LogP contribution in [0.15, 0.2) is 18.2 Å². The highest BCUT2D eigenvalue weighted by atomic mass is 16.5. The van der Waals surface area contributed by atoms with Crippen molar-refractivity contribution in [2.45, 2.75) is 25.4 Å². The Labute approximate surface area is 119 Å². The van der Waals surface area contributed by atoms with Gasteiger partial charge in [0.15, 0.2) is 0 Å². The van der Waals surface area contributed by atoms with Crippen LogP contribution in [-0.4, -0.2) is 43.2 Å². The first-order valence-electron chi connectivity index (χ1n) is 6.83. The van der Waals surface area contributed by atoms with E-state index in [0.29, 0.717) is 36.6 Å². The Balaban J connectivity index is 2.11. The van der Waals surface area contributed by atoms with E-state index in [-0.39, 0.29) is 5.91 Å². The van der Waals surface area contributed by atoms with Gasteiger partial charge in [0.1, 0.15) is 17.6 Å². The summed E-state index contributed by atoms with van der Waals surface area (Å²) in [7, 11) is 3.13. The molecular formula is C15H21NO4. The molecule has 5 heteroatoms. The molecule has 1 N–H and O–H groups in total. The van der Waals surface area contributed by atoms with E-state index < -0.39 is 6.10 Å². The van der Waals surface area contributed by atoms with Crippen molar-refractivity contribution in [2.75, 3.05) is 27.3 Å². The lowest BCUT2D eigenvalue weighted by molar-refractivity contribution is -0.134. The van der Waals surface area contributed by atoms with Crippen LogP contribution in [0, 0.1) is 0 Å². The summed E-state index contributed by atoms with van der Waals surface area (Å²) in [5.74, 6) is 1.36. The number of likely N-dealkylation sites (tertiary alicyclic amines) is 1. The van der Waals surface area contributed by atoms with Gasteiger partial charge in [-0.15, -0.1) is 0 Å². The molecule has 2 rings (SSSR count). The number of aliphatic hydroxyl groups excluding tert-OH is 1. The van der Waals surface area contributed by atoms with Crippen LogP contribution in [0.3, 0.4) is 0 Å². The maximum Gasteiger partial charge on any atom is 0.222 e. The average Bonchev–Trinajstić information content (AvgIpc) is 2.48. The van der Waals surface area contributed by atoms with Crippen molar-refractivity contribution in [3.8, 4) is 11.5 Å². The summed E-state index contributed by atoms with van der Waals surface area (Å²) < 4.78 is 10.4. The van der Waals surface area contributed by atoms with Crippen LogP contribution in [-0.2, 0) is 4.79 Å². The molecule has 1 aromatic rings. The minimum Gasteiger partial charge on any atom is -0.497 e. The molecule has 110 valence electrons. The monoisotopic (exact) mass is 279 g/mol. The van der Waals surface area contributed by atoms with Crippen molar-refractivity contribution < 1.29 is 19.4 Å². The number of hydrogen-bond donors (Lipinski definition) is 1. The molecule has 0 saturated carbocycles. The van der Waals surface area contributed by atoms with Crippen molar-refractivity contribution in [3.63, 3.8) is 0 Å². The van der Waals surface area contributed by atoms with Gasteiger partial charge in [0.2, 0.25) is 5.91 Å². The van der Waals surface area contributed by atoms with E-state index in [1.807, 2.05) is 0 Å². The van der Waals surface area contributed by atoms with Crippen molar-refractivity contribution in [1.29, 1.82) is 0 Å². The van der Waals surface area contributed by atoms with Gasteiger partial charge in [0.05, 0.1) is 20.8 Å². The molecule has 20 heavy (non-hydrogen) atoms. The lowest BCUT2D eigenvalue weighted by atomic mass is 10.0. The lowest BCUT2D eigenvalue weighted by Gasteiger charge is -2.29. The molecule has 0 bridgehead atoms. The summed E-state index contributed by atoms with van der Waals surface area (Å²) in [6.07, 6.45) is 1.76. The van der Waals surface area contributed by atoms with Crippen LogP contribution in [0.1, 0.15) is 30.9 Å². The number of aliphatic hydroxyl groups is 1. The minimum absolute atomic E-state index is 0.114. The number of carbonyl (C=O) groups excluding carboxylic acids is 1.